The Labute approximate surface area is 102 Å². The van der Waals surface area contributed by atoms with Crippen molar-refractivity contribution < 1.29 is 8.42 Å². The molecule has 0 aliphatic heterocycles. The van der Waals surface area contributed by atoms with Gasteiger partial charge in [-0.1, -0.05) is 13.8 Å². The predicted octanol–water partition coefficient (Wildman–Crippen LogP) is 0.582. The van der Waals surface area contributed by atoms with Crippen LogP contribution in [0, 0.1) is 0 Å². The number of nitrogens with one attached hydrogen (secondary N) is 1. The summed E-state index contributed by atoms with van der Waals surface area (Å²) in [5.74, 6) is 0.998. The predicted molar refractivity (Wildman–Crippen MR) is 69.9 cm³/mol. The van der Waals surface area contributed by atoms with Gasteiger partial charge in [-0.25, -0.2) is 8.42 Å². The zero-order chi connectivity index (χ0) is 13.2. The first kappa shape index (κ1) is 13.8. The molecule has 0 atom stereocenters. The van der Waals surface area contributed by atoms with Crippen molar-refractivity contribution in [3.05, 3.63) is 5.69 Å². The first-order valence-electron chi connectivity index (χ1n) is 5.46. The van der Waals surface area contributed by atoms with E-state index < -0.39 is 9.84 Å². The summed E-state index contributed by atoms with van der Waals surface area (Å²) in [5.41, 5.74) is 7.38. The summed E-state index contributed by atoms with van der Waals surface area (Å²) in [6.45, 7) is 4.36. The van der Waals surface area contributed by atoms with Crippen LogP contribution < -0.4 is 11.1 Å². The van der Waals surface area contributed by atoms with Crippen molar-refractivity contribution >= 4 is 21.3 Å². The standard InChI is InChI=1S/C10H20N4O2S/c1-7(2)9-8(11)10(14(3)13-9)12-5-6-17(4,15)16/h7,12H,5-6,11H2,1-4H3. The summed E-state index contributed by atoms with van der Waals surface area (Å²) in [4.78, 5) is 0. The van der Waals surface area contributed by atoms with Gasteiger partial charge in [0.1, 0.15) is 15.7 Å². The van der Waals surface area contributed by atoms with Crippen LogP contribution in [0.3, 0.4) is 0 Å². The summed E-state index contributed by atoms with van der Waals surface area (Å²) in [6.07, 6.45) is 1.21. The van der Waals surface area contributed by atoms with E-state index in [2.05, 4.69) is 10.4 Å². The maximum Gasteiger partial charge on any atom is 0.149 e. The molecule has 1 aromatic rings. The third kappa shape index (κ3) is 3.62. The van der Waals surface area contributed by atoms with Crippen molar-refractivity contribution in [3.63, 3.8) is 0 Å². The van der Waals surface area contributed by atoms with E-state index in [9.17, 15) is 8.42 Å². The number of nitrogen functional groups attached to an aromatic ring is 1. The molecule has 6 nitrogen and oxygen atoms in total. The normalized spacial score (nSPS) is 12.1. The summed E-state index contributed by atoms with van der Waals surface area (Å²) >= 11 is 0. The van der Waals surface area contributed by atoms with Gasteiger partial charge in [0, 0.05) is 19.8 Å². The van der Waals surface area contributed by atoms with Crippen LogP contribution >= 0.6 is 0 Å². The molecule has 0 aliphatic carbocycles. The highest BCUT2D eigenvalue weighted by atomic mass is 32.2. The molecule has 0 fully saturated rings. The molecule has 3 N–H and O–H groups in total. The molecule has 1 rings (SSSR count). The lowest BCUT2D eigenvalue weighted by Crippen LogP contribution is -2.16. The second-order valence-electron chi connectivity index (χ2n) is 4.48. The molecule has 0 radical (unpaired) electrons. The van der Waals surface area contributed by atoms with Crippen LogP contribution in [-0.2, 0) is 16.9 Å². The van der Waals surface area contributed by atoms with E-state index in [1.807, 2.05) is 13.8 Å². The second kappa shape index (κ2) is 4.95. The number of hydrogen-bond donors (Lipinski definition) is 2. The summed E-state index contributed by atoms with van der Waals surface area (Å²) in [7, 11) is -1.18. The number of hydrogen-bond acceptors (Lipinski definition) is 5. The third-order valence-electron chi connectivity index (χ3n) is 2.42. The fraction of sp³-hybridized carbons (Fsp3) is 0.700. The molecule has 0 saturated carbocycles. The van der Waals surface area contributed by atoms with E-state index in [1.54, 1.807) is 11.7 Å². The van der Waals surface area contributed by atoms with E-state index in [0.717, 1.165) is 5.69 Å². The van der Waals surface area contributed by atoms with Crippen LogP contribution in [-0.4, -0.2) is 36.8 Å². The molecule has 0 saturated heterocycles. The van der Waals surface area contributed by atoms with Gasteiger partial charge in [0.2, 0.25) is 0 Å². The van der Waals surface area contributed by atoms with Gasteiger partial charge < -0.3 is 11.1 Å². The Kier molecular flexibility index (Phi) is 4.03. The Bertz CT molecular complexity index is 491. The van der Waals surface area contributed by atoms with Gasteiger partial charge in [0.25, 0.3) is 0 Å². The topological polar surface area (TPSA) is 90.0 Å². The van der Waals surface area contributed by atoms with E-state index in [0.29, 0.717) is 18.1 Å². The van der Waals surface area contributed by atoms with Crippen molar-refractivity contribution in [1.82, 2.24) is 9.78 Å². The highest BCUT2D eigenvalue weighted by molar-refractivity contribution is 7.90. The molecule has 0 aromatic carbocycles. The first-order chi connectivity index (χ1) is 7.72. The van der Waals surface area contributed by atoms with Gasteiger partial charge in [-0.2, -0.15) is 5.10 Å². The zero-order valence-electron chi connectivity index (χ0n) is 10.7. The third-order valence-corrected chi connectivity index (χ3v) is 3.37. The molecular weight excluding hydrogens is 240 g/mol. The molecule has 98 valence electrons. The van der Waals surface area contributed by atoms with Crippen LogP contribution in [0.15, 0.2) is 0 Å². The van der Waals surface area contributed by atoms with Crippen molar-refractivity contribution in [3.8, 4) is 0 Å². The van der Waals surface area contributed by atoms with Gasteiger partial charge in [-0.3, -0.25) is 4.68 Å². The molecule has 17 heavy (non-hydrogen) atoms. The molecule has 0 unspecified atom stereocenters. The van der Waals surface area contributed by atoms with E-state index in [1.165, 1.54) is 6.26 Å². The number of nitrogens with zero attached hydrogens (tertiary/aromatic N) is 2. The lowest BCUT2D eigenvalue weighted by atomic mass is 10.1. The second-order valence-corrected chi connectivity index (χ2v) is 6.74. The minimum Gasteiger partial charge on any atom is -0.394 e. The summed E-state index contributed by atoms with van der Waals surface area (Å²) in [5, 5.41) is 7.31. The molecule has 0 amide bonds. The van der Waals surface area contributed by atoms with Gasteiger partial charge in [0.15, 0.2) is 0 Å². The number of aromatic nitrogens is 2. The van der Waals surface area contributed by atoms with Crippen LogP contribution in [0.25, 0.3) is 0 Å². The van der Waals surface area contributed by atoms with Gasteiger partial charge in [-0.15, -0.1) is 0 Å². The Hall–Kier alpha value is -1.24. The maximum atomic E-state index is 11.0. The van der Waals surface area contributed by atoms with Crippen molar-refractivity contribution in [2.45, 2.75) is 19.8 Å². The number of anilines is 2. The number of sulfone groups is 1. The monoisotopic (exact) mass is 260 g/mol. The van der Waals surface area contributed by atoms with Crippen LogP contribution in [0.2, 0.25) is 0 Å². The fourth-order valence-corrected chi connectivity index (χ4v) is 2.02. The SMILES string of the molecule is CC(C)c1nn(C)c(NCCS(C)(=O)=O)c1N. The molecular formula is C10H20N4O2S. The molecule has 0 spiro atoms. The van der Waals surface area contributed by atoms with E-state index >= 15 is 0 Å². The average Bonchev–Trinajstić information content (AvgIpc) is 2.43. The number of rotatable bonds is 5. The zero-order valence-corrected chi connectivity index (χ0v) is 11.5. The summed E-state index contributed by atoms with van der Waals surface area (Å²) < 4.78 is 23.7. The molecule has 1 heterocycles. The smallest absolute Gasteiger partial charge is 0.149 e. The van der Waals surface area contributed by atoms with E-state index in [-0.39, 0.29) is 11.7 Å². The summed E-state index contributed by atoms with van der Waals surface area (Å²) in [6, 6.07) is 0. The van der Waals surface area contributed by atoms with Gasteiger partial charge >= 0.3 is 0 Å². The largest absolute Gasteiger partial charge is 0.394 e. The maximum absolute atomic E-state index is 11.0. The minimum atomic E-state index is -2.96. The van der Waals surface area contributed by atoms with Crippen molar-refractivity contribution in [1.29, 1.82) is 0 Å². The van der Waals surface area contributed by atoms with E-state index in [4.69, 9.17) is 5.73 Å². The minimum absolute atomic E-state index is 0.0780. The van der Waals surface area contributed by atoms with Gasteiger partial charge in [0.05, 0.1) is 17.1 Å². The number of aryl methyl sites for hydroxylation is 1. The highest BCUT2D eigenvalue weighted by Gasteiger charge is 2.15. The molecule has 0 bridgehead atoms. The Balaban J connectivity index is 2.78. The van der Waals surface area contributed by atoms with Crippen LogP contribution in [0.1, 0.15) is 25.5 Å². The van der Waals surface area contributed by atoms with Crippen LogP contribution in [0.5, 0.6) is 0 Å². The Morgan fingerprint density at radius 1 is 1.47 bits per heavy atom. The highest BCUT2D eigenvalue weighted by Crippen LogP contribution is 2.27. The molecule has 1 aromatic heterocycles. The Morgan fingerprint density at radius 3 is 2.47 bits per heavy atom. The quantitative estimate of drug-likeness (QED) is 0.808. The lowest BCUT2D eigenvalue weighted by molar-refractivity contribution is 0.602. The molecule has 0 aliphatic rings. The molecule has 7 heteroatoms. The first-order valence-corrected chi connectivity index (χ1v) is 7.52. The van der Waals surface area contributed by atoms with Crippen LogP contribution in [0.4, 0.5) is 11.5 Å². The average molecular weight is 260 g/mol. The Morgan fingerprint density at radius 2 is 2.06 bits per heavy atom. The van der Waals surface area contributed by atoms with Crippen molar-refractivity contribution in [2.75, 3.05) is 29.6 Å². The van der Waals surface area contributed by atoms with Gasteiger partial charge in [-0.05, 0) is 5.92 Å². The lowest BCUT2D eigenvalue weighted by Gasteiger charge is -2.07. The number of nitrogens with two attached hydrogens (primary N) is 1. The fourth-order valence-electron chi connectivity index (χ4n) is 1.55. The van der Waals surface area contributed by atoms with Crippen molar-refractivity contribution in [2.24, 2.45) is 7.05 Å².